The lowest BCUT2D eigenvalue weighted by Crippen LogP contribution is -2.50. The van der Waals surface area contributed by atoms with Crippen molar-refractivity contribution in [3.8, 4) is 0 Å². The van der Waals surface area contributed by atoms with Gasteiger partial charge in [0.1, 0.15) is 0 Å². The lowest BCUT2D eigenvalue weighted by Gasteiger charge is -2.39. The van der Waals surface area contributed by atoms with Crippen molar-refractivity contribution in [2.75, 3.05) is 31.9 Å². The highest BCUT2D eigenvalue weighted by Gasteiger charge is 2.30. The Morgan fingerprint density at radius 1 is 0.840 bits per heavy atom. The maximum absolute atomic E-state index is 12.3. The minimum Gasteiger partial charge on any atom is -0.290 e. The van der Waals surface area contributed by atoms with Crippen LogP contribution in [0.25, 0.3) is 0 Å². The van der Waals surface area contributed by atoms with Crippen LogP contribution in [0.2, 0.25) is 0 Å². The van der Waals surface area contributed by atoms with Gasteiger partial charge < -0.3 is 0 Å². The van der Waals surface area contributed by atoms with Crippen LogP contribution in [0, 0.1) is 0 Å². The van der Waals surface area contributed by atoms with E-state index in [4.69, 9.17) is 0 Å². The van der Waals surface area contributed by atoms with Crippen LogP contribution in [0.3, 0.4) is 0 Å². The summed E-state index contributed by atoms with van der Waals surface area (Å²) in [6, 6.07) is 21.1. The lowest BCUT2D eigenvalue weighted by molar-refractivity contribution is 0.156. The van der Waals surface area contributed by atoms with E-state index in [1.54, 1.807) is 4.31 Å². The van der Waals surface area contributed by atoms with E-state index in [1.807, 2.05) is 19.1 Å². The fraction of sp³-hybridized carbons (Fsp3) is 0.400. The van der Waals surface area contributed by atoms with E-state index in [0.717, 1.165) is 13.1 Å². The Morgan fingerprint density at radius 3 is 1.76 bits per heavy atom. The van der Waals surface area contributed by atoms with Gasteiger partial charge in [-0.2, -0.15) is 4.31 Å². The predicted molar refractivity (Wildman–Crippen MR) is 102 cm³/mol. The van der Waals surface area contributed by atoms with Gasteiger partial charge in [-0.25, -0.2) is 8.42 Å². The summed E-state index contributed by atoms with van der Waals surface area (Å²) in [4.78, 5) is 2.39. The molecule has 0 amide bonds. The van der Waals surface area contributed by atoms with Crippen LogP contribution in [-0.2, 0) is 10.0 Å². The summed E-state index contributed by atoms with van der Waals surface area (Å²) in [6.07, 6.45) is 0.666. The second-order valence-corrected chi connectivity index (χ2v) is 8.56. The van der Waals surface area contributed by atoms with E-state index in [9.17, 15) is 8.42 Å². The molecule has 5 heteroatoms. The third-order valence-corrected chi connectivity index (χ3v) is 6.80. The zero-order valence-corrected chi connectivity index (χ0v) is 15.5. The molecule has 1 heterocycles. The minimum absolute atomic E-state index is 0.165. The lowest BCUT2D eigenvalue weighted by atomic mass is 9.96. The van der Waals surface area contributed by atoms with Gasteiger partial charge in [-0.05, 0) is 17.5 Å². The molecule has 4 nitrogen and oxygen atoms in total. The summed E-state index contributed by atoms with van der Waals surface area (Å²) in [5.74, 6) is 0.244. The van der Waals surface area contributed by atoms with Crippen LogP contribution < -0.4 is 0 Å². The highest BCUT2D eigenvalue weighted by molar-refractivity contribution is 7.89. The molecule has 1 fully saturated rings. The molecule has 2 aromatic rings. The zero-order valence-electron chi connectivity index (χ0n) is 14.7. The van der Waals surface area contributed by atoms with Gasteiger partial charge in [0, 0.05) is 26.2 Å². The highest BCUT2D eigenvalue weighted by atomic mass is 32.2. The monoisotopic (exact) mass is 358 g/mol. The molecule has 1 aliphatic heterocycles. The first-order chi connectivity index (χ1) is 12.1. The number of benzene rings is 2. The second kappa shape index (κ2) is 8.13. The van der Waals surface area contributed by atoms with Crippen molar-refractivity contribution in [3.63, 3.8) is 0 Å². The Morgan fingerprint density at radius 2 is 1.32 bits per heavy atom. The van der Waals surface area contributed by atoms with E-state index >= 15 is 0 Å². The summed E-state index contributed by atoms with van der Waals surface area (Å²) in [5.41, 5.74) is 2.50. The molecule has 25 heavy (non-hydrogen) atoms. The van der Waals surface area contributed by atoms with Gasteiger partial charge in [0.05, 0.1) is 11.8 Å². The summed E-state index contributed by atoms with van der Waals surface area (Å²) < 4.78 is 26.3. The Balaban J connectivity index is 1.80. The molecule has 1 aliphatic rings. The van der Waals surface area contributed by atoms with Crippen LogP contribution >= 0.6 is 0 Å². The summed E-state index contributed by atoms with van der Waals surface area (Å²) >= 11 is 0. The van der Waals surface area contributed by atoms with Gasteiger partial charge in [-0.15, -0.1) is 0 Å². The fourth-order valence-electron chi connectivity index (χ4n) is 3.51. The first-order valence-electron chi connectivity index (χ1n) is 8.93. The van der Waals surface area contributed by atoms with Gasteiger partial charge >= 0.3 is 0 Å². The van der Waals surface area contributed by atoms with Crippen LogP contribution in [0.5, 0.6) is 0 Å². The molecule has 2 aromatic carbocycles. The molecule has 0 radical (unpaired) electrons. The molecule has 134 valence electrons. The van der Waals surface area contributed by atoms with Crippen molar-refractivity contribution in [3.05, 3.63) is 71.8 Å². The van der Waals surface area contributed by atoms with Crippen LogP contribution in [0.1, 0.15) is 30.5 Å². The standard InChI is InChI=1S/C20H26N2O2S/c1-2-17-25(23,24)22-15-13-21(14-16-22)20(18-9-5-3-6-10-18)19-11-7-4-8-12-19/h3-12,20H,2,13-17H2,1H3. The zero-order chi connectivity index (χ0) is 17.7. The topological polar surface area (TPSA) is 40.6 Å². The van der Waals surface area contributed by atoms with Crippen LogP contribution in [0.15, 0.2) is 60.7 Å². The summed E-state index contributed by atoms with van der Waals surface area (Å²) in [5, 5.41) is 0. The highest BCUT2D eigenvalue weighted by Crippen LogP contribution is 2.29. The minimum atomic E-state index is -3.11. The van der Waals surface area contributed by atoms with Crippen LogP contribution in [-0.4, -0.2) is 49.6 Å². The van der Waals surface area contributed by atoms with Gasteiger partial charge in [0.25, 0.3) is 0 Å². The number of piperazine rings is 1. The number of rotatable bonds is 6. The SMILES string of the molecule is CCCS(=O)(=O)N1CCN(C(c2ccccc2)c2ccccc2)CC1. The summed E-state index contributed by atoms with van der Waals surface area (Å²) in [6.45, 7) is 4.54. The number of sulfonamides is 1. The maximum Gasteiger partial charge on any atom is 0.214 e. The van der Waals surface area contributed by atoms with Crippen molar-refractivity contribution in [1.82, 2.24) is 9.21 Å². The van der Waals surface area contributed by atoms with Crippen molar-refractivity contribution in [2.45, 2.75) is 19.4 Å². The van der Waals surface area contributed by atoms with E-state index < -0.39 is 10.0 Å². The Bertz CT molecular complexity index is 715. The Kier molecular flexibility index (Phi) is 5.89. The van der Waals surface area contributed by atoms with Gasteiger partial charge in [-0.1, -0.05) is 67.6 Å². The smallest absolute Gasteiger partial charge is 0.214 e. The molecule has 0 saturated carbocycles. The molecular formula is C20H26N2O2S. The normalized spacial score (nSPS) is 17.0. The number of hydrogen-bond acceptors (Lipinski definition) is 3. The van der Waals surface area contributed by atoms with Crippen molar-refractivity contribution in [1.29, 1.82) is 0 Å². The largest absolute Gasteiger partial charge is 0.290 e. The molecule has 0 bridgehead atoms. The van der Waals surface area contributed by atoms with Gasteiger partial charge in [-0.3, -0.25) is 4.90 Å². The molecular weight excluding hydrogens is 332 g/mol. The predicted octanol–water partition coefficient (Wildman–Crippen LogP) is 3.13. The van der Waals surface area contributed by atoms with Crippen molar-refractivity contribution >= 4 is 10.0 Å². The van der Waals surface area contributed by atoms with Crippen LogP contribution in [0.4, 0.5) is 0 Å². The van der Waals surface area contributed by atoms with Gasteiger partial charge in [0.15, 0.2) is 0 Å². The van der Waals surface area contributed by atoms with E-state index in [1.165, 1.54) is 11.1 Å². The fourth-order valence-corrected chi connectivity index (χ4v) is 5.01. The second-order valence-electron chi connectivity index (χ2n) is 6.47. The van der Waals surface area contributed by atoms with E-state index in [-0.39, 0.29) is 11.8 Å². The molecule has 0 N–H and O–H groups in total. The molecule has 0 spiro atoms. The summed E-state index contributed by atoms with van der Waals surface area (Å²) in [7, 11) is -3.11. The molecule has 0 aromatic heterocycles. The number of hydrogen-bond donors (Lipinski definition) is 0. The molecule has 1 saturated heterocycles. The third kappa shape index (κ3) is 4.29. The third-order valence-electron chi connectivity index (χ3n) is 4.72. The average molecular weight is 359 g/mol. The maximum atomic E-state index is 12.3. The molecule has 0 unspecified atom stereocenters. The molecule has 0 aliphatic carbocycles. The van der Waals surface area contributed by atoms with Crippen molar-refractivity contribution in [2.24, 2.45) is 0 Å². The van der Waals surface area contributed by atoms with Crippen molar-refractivity contribution < 1.29 is 8.42 Å². The van der Waals surface area contributed by atoms with E-state index in [0.29, 0.717) is 19.5 Å². The quantitative estimate of drug-likeness (QED) is 0.796. The Hall–Kier alpha value is -1.69. The first kappa shape index (κ1) is 18.1. The Labute approximate surface area is 151 Å². The van der Waals surface area contributed by atoms with Gasteiger partial charge in [0.2, 0.25) is 10.0 Å². The van der Waals surface area contributed by atoms with E-state index in [2.05, 4.69) is 53.4 Å². The first-order valence-corrected chi connectivity index (χ1v) is 10.5. The number of nitrogens with zero attached hydrogens (tertiary/aromatic N) is 2. The molecule has 3 rings (SSSR count). The average Bonchev–Trinajstić information content (AvgIpc) is 2.64. The molecule has 0 atom stereocenters.